The van der Waals surface area contributed by atoms with Crippen molar-refractivity contribution in [1.82, 2.24) is 15.1 Å². The fourth-order valence-corrected chi connectivity index (χ4v) is 3.73. The molecular weight excluding hydrogens is 427 g/mol. The van der Waals surface area contributed by atoms with E-state index < -0.39 is 0 Å². The van der Waals surface area contributed by atoms with Crippen LogP contribution in [0.4, 0.5) is 0 Å². The molecule has 1 aromatic carbocycles. The molecule has 1 N–H and O–H groups in total. The van der Waals surface area contributed by atoms with Crippen molar-refractivity contribution in [2.24, 2.45) is 10.4 Å². The minimum absolute atomic E-state index is 0. The maximum atomic E-state index is 5.62. The predicted molar refractivity (Wildman–Crippen MR) is 114 cm³/mol. The summed E-state index contributed by atoms with van der Waals surface area (Å²) >= 11 is 0. The Hall–Kier alpha value is -0.860. The monoisotopic (exact) mass is 458 g/mol. The van der Waals surface area contributed by atoms with Gasteiger partial charge in [-0.1, -0.05) is 24.3 Å². The average Bonchev–Trinajstić information content (AvgIpc) is 3.20. The predicted octanol–water partition coefficient (Wildman–Crippen LogP) is 2.55. The van der Waals surface area contributed by atoms with Crippen molar-refractivity contribution in [3.63, 3.8) is 0 Å². The van der Waals surface area contributed by atoms with E-state index in [1.807, 2.05) is 7.05 Å². The van der Waals surface area contributed by atoms with Gasteiger partial charge in [-0.15, -0.1) is 24.0 Å². The van der Waals surface area contributed by atoms with Crippen LogP contribution in [0, 0.1) is 5.41 Å². The molecule has 1 atom stereocenters. The molecule has 140 valence electrons. The zero-order valence-corrected chi connectivity index (χ0v) is 18.0. The van der Waals surface area contributed by atoms with E-state index in [1.165, 1.54) is 24.0 Å². The van der Waals surface area contributed by atoms with Gasteiger partial charge in [0.15, 0.2) is 5.96 Å². The highest BCUT2D eigenvalue weighted by atomic mass is 127. The third kappa shape index (κ3) is 5.31. The van der Waals surface area contributed by atoms with Gasteiger partial charge in [-0.05, 0) is 38.1 Å². The molecule has 1 unspecified atom stereocenters. The van der Waals surface area contributed by atoms with Gasteiger partial charge in [-0.25, -0.2) is 0 Å². The summed E-state index contributed by atoms with van der Waals surface area (Å²) in [6.07, 6.45) is 2.40. The van der Waals surface area contributed by atoms with Crippen molar-refractivity contribution in [3.8, 4) is 0 Å². The van der Waals surface area contributed by atoms with Gasteiger partial charge in [0.1, 0.15) is 0 Å². The Kier molecular flexibility index (Phi) is 7.51. The number of ether oxygens (including phenoxy) is 1. The highest BCUT2D eigenvalue weighted by Gasteiger charge is 2.42. The lowest BCUT2D eigenvalue weighted by molar-refractivity contribution is 0.156. The molecule has 0 aliphatic carbocycles. The van der Waals surface area contributed by atoms with Gasteiger partial charge in [0.25, 0.3) is 0 Å². The Morgan fingerprint density at radius 2 is 1.96 bits per heavy atom. The van der Waals surface area contributed by atoms with E-state index in [9.17, 15) is 0 Å². The molecule has 0 bridgehead atoms. The lowest BCUT2D eigenvalue weighted by Gasteiger charge is -2.25. The summed E-state index contributed by atoms with van der Waals surface area (Å²) in [4.78, 5) is 9.05. The first-order valence-electron chi connectivity index (χ1n) is 8.86. The standard InChI is InChI=1S/C19H30N4O.HI/c1-20-18(23-10-8-19(14-23)9-11-24-15-19)21-12-16-4-6-17(7-5-16)13-22(2)3;/h4-7H,8-15H2,1-3H3,(H,20,21);1H. The summed E-state index contributed by atoms with van der Waals surface area (Å²) in [5, 5.41) is 3.52. The van der Waals surface area contributed by atoms with Crippen molar-refractivity contribution in [1.29, 1.82) is 0 Å². The third-order valence-electron chi connectivity index (χ3n) is 5.11. The van der Waals surface area contributed by atoms with Crippen molar-refractivity contribution >= 4 is 29.9 Å². The van der Waals surface area contributed by atoms with Gasteiger partial charge < -0.3 is 19.9 Å². The van der Waals surface area contributed by atoms with E-state index in [0.29, 0.717) is 5.41 Å². The molecule has 2 aliphatic heterocycles. The van der Waals surface area contributed by atoms with Crippen LogP contribution in [0.1, 0.15) is 24.0 Å². The first-order valence-corrected chi connectivity index (χ1v) is 8.86. The number of hydrogen-bond acceptors (Lipinski definition) is 3. The molecule has 0 amide bonds. The lowest BCUT2D eigenvalue weighted by Crippen LogP contribution is -2.41. The van der Waals surface area contributed by atoms with E-state index in [4.69, 9.17) is 4.74 Å². The highest BCUT2D eigenvalue weighted by Crippen LogP contribution is 2.38. The van der Waals surface area contributed by atoms with E-state index in [-0.39, 0.29) is 24.0 Å². The lowest BCUT2D eigenvalue weighted by atomic mass is 9.87. The Bertz CT molecular complexity index is 567. The number of guanidine groups is 1. The maximum absolute atomic E-state index is 5.62. The Labute approximate surface area is 168 Å². The number of nitrogens with zero attached hydrogens (tertiary/aromatic N) is 3. The molecular formula is C19H31IN4O. The second kappa shape index (κ2) is 9.19. The van der Waals surface area contributed by atoms with Crippen LogP contribution in [0.25, 0.3) is 0 Å². The number of aliphatic imine (C=N–C) groups is 1. The molecule has 0 aromatic heterocycles. The Balaban J connectivity index is 0.00000225. The smallest absolute Gasteiger partial charge is 0.193 e. The summed E-state index contributed by atoms with van der Waals surface area (Å²) in [5.41, 5.74) is 3.00. The van der Waals surface area contributed by atoms with Crippen LogP contribution in [0.15, 0.2) is 29.3 Å². The molecule has 0 radical (unpaired) electrons. The van der Waals surface area contributed by atoms with Crippen LogP contribution in [-0.4, -0.2) is 63.2 Å². The van der Waals surface area contributed by atoms with Gasteiger partial charge in [0.2, 0.25) is 0 Å². The number of benzene rings is 1. The number of rotatable bonds is 4. The molecule has 0 saturated carbocycles. The van der Waals surface area contributed by atoms with Crippen LogP contribution in [0.3, 0.4) is 0 Å². The quantitative estimate of drug-likeness (QED) is 0.428. The summed E-state index contributed by atoms with van der Waals surface area (Å²) in [7, 11) is 6.06. The van der Waals surface area contributed by atoms with Crippen LogP contribution in [0.5, 0.6) is 0 Å². The number of nitrogens with one attached hydrogen (secondary N) is 1. The van der Waals surface area contributed by atoms with Gasteiger partial charge >= 0.3 is 0 Å². The molecule has 1 spiro atoms. The van der Waals surface area contributed by atoms with Gasteiger partial charge in [-0.3, -0.25) is 4.99 Å². The van der Waals surface area contributed by atoms with E-state index in [1.54, 1.807) is 0 Å². The molecule has 5 nitrogen and oxygen atoms in total. The Morgan fingerprint density at radius 3 is 2.56 bits per heavy atom. The normalized spacial score (nSPS) is 23.4. The summed E-state index contributed by atoms with van der Waals surface area (Å²) in [6, 6.07) is 8.83. The number of hydrogen-bond donors (Lipinski definition) is 1. The minimum atomic E-state index is 0. The summed E-state index contributed by atoms with van der Waals surface area (Å²) in [5.74, 6) is 1.01. The van der Waals surface area contributed by atoms with Gasteiger partial charge in [0.05, 0.1) is 6.61 Å². The largest absolute Gasteiger partial charge is 0.381 e. The van der Waals surface area contributed by atoms with E-state index in [0.717, 1.165) is 45.4 Å². The SMILES string of the molecule is CN=C(NCc1ccc(CN(C)C)cc1)N1CCC2(CCOC2)C1.I. The fourth-order valence-electron chi connectivity index (χ4n) is 3.73. The van der Waals surface area contributed by atoms with Crippen molar-refractivity contribution < 1.29 is 4.74 Å². The summed E-state index contributed by atoms with van der Waals surface area (Å²) < 4.78 is 5.62. The molecule has 2 saturated heterocycles. The second-order valence-corrected chi connectivity index (χ2v) is 7.43. The maximum Gasteiger partial charge on any atom is 0.193 e. The van der Waals surface area contributed by atoms with Crippen molar-refractivity contribution in [2.45, 2.75) is 25.9 Å². The molecule has 1 aromatic rings. The van der Waals surface area contributed by atoms with Crippen LogP contribution in [-0.2, 0) is 17.8 Å². The second-order valence-electron chi connectivity index (χ2n) is 7.43. The van der Waals surface area contributed by atoms with Gasteiger partial charge in [-0.2, -0.15) is 0 Å². The average molecular weight is 458 g/mol. The zero-order valence-electron chi connectivity index (χ0n) is 15.6. The topological polar surface area (TPSA) is 40.1 Å². The van der Waals surface area contributed by atoms with Crippen LogP contribution >= 0.6 is 24.0 Å². The molecule has 6 heteroatoms. The van der Waals surface area contributed by atoms with E-state index >= 15 is 0 Å². The van der Waals surface area contributed by atoms with Crippen molar-refractivity contribution in [3.05, 3.63) is 35.4 Å². The molecule has 2 heterocycles. The van der Waals surface area contributed by atoms with Crippen molar-refractivity contribution in [2.75, 3.05) is 47.4 Å². The highest BCUT2D eigenvalue weighted by molar-refractivity contribution is 14.0. The number of likely N-dealkylation sites (tertiary alicyclic amines) is 1. The molecule has 2 fully saturated rings. The minimum Gasteiger partial charge on any atom is -0.381 e. The third-order valence-corrected chi connectivity index (χ3v) is 5.11. The van der Waals surface area contributed by atoms with Crippen LogP contribution in [0.2, 0.25) is 0 Å². The zero-order chi connectivity index (χ0) is 17.0. The molecule has 2 aliphatic rings. The van der Waals surface area contributed by atoms with Crippen LogP contribution < -0.4 is 5.32 Å². The number of halogens is 1. The first kappa shape index (κ1) is 20.5. The Morgan fingerprint density at radius 1 is 1.24 bits per heavy atom. The summed E-state index contributed by atoms with van der Waals surface area (Å²) in [6.45, 7) is 5.76. The van der Waals surface area contributed by atoms with E-state index in [2.05, 4.69) is 58.5 Å². The molecule has 25 heavy (non-hydrogen) atoms. The molecule has 3 rings (SSSR count). The fraction of sp³-hybridized carbons (Fsp3) is 0.632. The van der Waals surface area contributed by atoms with Gasteiger partial charge in [0, 0.05) is 45.2 Å². The first-order chi connectivity index (χ1) is 11.6.